The highest BCUT2D eigenvalue weighted by Gasteiger charge is 2.28. The van der Waals surface area contributed by atoms with Crippen molar-refractivity contribution in [2.45, 2.75) is 6.23 Å². The van der Waals surface area contributed by atoms with Crippen molar-refractivity contribution in [2.75, 3.05) is 0 Å². The first-order chi connectivity index (χ1) is 10.1. The number of hydrogen-bond donors (Lipinski definition) is 1. The van der Waals surface area contributed by atoms with Gasteiger partial charge in [-0.05, 0) is 18.2 Å². The number of ether oxygens (including phenoxy) is 1. The fourth-order valence-corrected chi connectivity index (χ4v) is 2.31. The van der Waals surface area contributed by atoms with Crippen molar-refractivity contribution < 1.29 is 14.5 Å². The SMILES string of the molecule is O=C1N[C@H](c2cc([N+](=O)[O-])ccc2Cl)Oc2ccccc21. The van der Waals surface area contributed by atoms with Crippen LogP contribution in [-0.4, -0.2) is 10.8 Å². The number of amides is 1. The number of carbonyl (C=O) groups excluding carboxylic acids is 1. The summed E-state index contributed by atoms with van der Waals surface area (Å²) >= 11 is 6.06. The molecule has 1 heterocycles. The third kappa shape index (κ3) is 2.41. The molecule has 7 heteroatoms. The molecular formula is C14H9ClN2O4. The van der Waals surface area contributed by atoms with Gasteiger partial charge < -0.3 is 10.1 Å². The number of nitrogens with zero attached hydrogens (tertiary/aromatic N) is 1. The van der Waals surface area contributed by atoms with Crippen LogP contribution >= 0.6 is 11.6 Å². The van der Waals surface area contributed by atoms with E-state index in [2.05, 4.69) is 5.32 Å². The monoisotopic (exact) mass is 304 g/mol. The summed E-state index contributed by atoms with van der Waals surface area (Å²) in [7, 11) is 0. The highest BCUT2D eigenvalue weighted by molar-refractivity contribution is 6.31. The van der Waals surface area contributed by atoms with Gasteiger partial charge in [-0.3, -0.25) is 14.9 Å². The molecule has 1 N–H and O–H groups in total. The van der Waals surface area contributed by atoms with E-state index in [4.69, 9.17) is 16.3 Å². The van der Waals surface area contributed by atoms with Crippen LogP contribution in [0.1, 0.15) is 22.1 Å². The van der Waals surface area contributed by atoms with Gasteiger partial charge in [-0.15, -0.1) is 0 Å². The van der Waals surface area contributed by atoms with Gasteiger partial charge in [0.15, 0.2) is 0 Å². The number of carbonyl (C=O) groups is 1. The molecule has 1 aliphatic rings. The maximum atomic E-state index is 12.0. The zero-order valence-corrected chi connectivity index (χ0v) is 11.3. The predicted octanol–water partition coefficient (Wildman–Crippen LogP) is 3.07. The van der Waals surface area contributed by atoms with E-state index in [1.165, 1.54) is 18.2 Å². The van der Waals surface area contributed by atoms with Crippen LogP contribution in [0.25, 0.3) is 0 Å². The van der Waals surface area contributed by atoms with Gasteiger partial charge in [-0.25, -0.2) is 0 Å². The Bertz CT molecular complexity index is 748. The molecule has 106 valence electrons. The van der Waals surface area contributed by atoms with Crippen molar-refractivity contribution in [2.24, 2.45) is 0 Å². The lowest BCUT2D eigenvalue weighted by molar-refractivity contribution is -0.385. The number of fused-ring (bicyclic) bond motifs is 1. The molecule has 1 aliphatic heterocycles. The van der Waals surface area contributed by atoms with Crippen molar-refractivity contribution in [3.8, 4) is 5.75 Å². The molecule has 0 aliphatic carbocycles. The number of halogens is 1. The largest absolute Gasteiger partial charge is 0.465 e. The van der Waals surface area contributed by atoms with E-state index in [0.29, 0.717) is 16.9 Å². The van der Waals surface area contributed by atoms with Crippen LogP contribution in [0, 0.1) is 10.1 Å². The summed E-state index contributed by atoms with van der Waals surface area (Å²) in [6.07, 6.45) is -0.861. The highest BCUT2D eigenvalue weighted by atomic mass is 35.5. The van der Waals surface area contributed by atoms with Gasteiger partial charge >= 0.3 is 0 Å². The summed E-state index contributed by atoms with van der Waals surface area (Å²) < 4.78 is 5.66. The maximum absolute atomic E-state index is 12.0. The maximum Gasteiger partial charge on any atom is 0.270 e. The van der Waals surface area contributed by atoms with Crippen molar-refractivity contribution >= 4 is 23.2 Å². The van der Waals surface area contributed by atoms with Gasteiger partial charge in [0.1, 0.15) is 5.75 Å². The Kier molecular flexibility index (Phi) is 3.23. The second kappa shape index (κ2) is 5.06. The minimum atomic E-state index is -0.861. The number of benzene rings is 2. The van der Waals surface area contributed by atoms with Crippen molar-refractivity contribution in [3.05, 3.63) is 68.7 Å². The van der Waals surface area contributed by atoms with Crippen molar-refractivity contribution in [1.29, 1.82) is 0 Å². The molecule has 1 amide bonds. The zero-order valence-electron chi connectivity index (χ0n) is 10.6. The standard InChI is InChI=1S/C14H9ClN2O4/c15-11-6-5-8(17(19)20)7-10(11)14-16-13(18)9-3-1-2-4-12(9)21-14/h1-7,14H,(H,16,18)/t14-/m0/s1. The molecule has 0 saturated carbocycles. The Labute approximate surface area is 124 Å². The molecule has 0 aromatic heterocycles. The first kappa shape index (κ1) is 13.4. The minimum absolute atomic E-state index is 0.119. The predicted molar refractivity (Wildman–Crippen MR) is 75.4 cm³/mol. The Balaban J connectivity index is 2.01. The van der Waals surface area contributed by atoms with E-state index >= 15 is 0 Å². The molecule has 0 bridgehead atoms. The Morgan fingerprint density at radius 2 is 2.00 bits per heavy atom. The molecule has 2 aromatic rings. The minimum Gasteiger partial charge on any atom is -0.465 e. The number of nitro benzene ring substituents is 1. The summed E-state index contributed by atoms with van der Waals surface area (Å²) in [4.78, 5) is 22.3. The van der Waals surface area contributed by atoms with Gasteiger partial charge in [0, 0.05) is 22.7 Å². The highest BCUT2D eigenvalue weighted by Crippen LogP contribution is 2.33. The molecular weight excluding hydrogens is 296 g/mol. The quantitative estimate of drug-likeness (QED) is 0.683. The molecule has 2 aromatic carbocycles. The van der Waals surface area contributed by atoms with Gasteiger partial charge in [-0.1, -0.05) is 23.7 Å². The lowest BCUT2D eigenvalue weighted by atomic mass is 10.1. The Morgan fingerprint density at radius 3 is 2.76 bits per heavy atom. The number of nitro groups is 1. The van der Waals surface area contributed by atoms with Crippen LogP contribution in [0.2, 0.25) is 5.02 Å². The van der Waals surface area contributed by atoms with Crippen LogP contribution in [0.4, 0.5) is 5.69 Å². The van der Waals surface area contributed by atoms with Crippen LogP contribution in [0.15, 0.2) is 42.5 Å². The Morgan fingerprint density at radius 1 is 1.24 bits per heavy atom. The van der Waals surface area contributed by atoms with E-state index in [0.717, 1.165) is 0 Å². The average Bonchev–Trinajstić information content (AvgIpc) is 2.47. The molecule has 0 fully saturated rings. The molecule has 0 radical (unpaired) electrons. The fourth-order valence-electron chi connectivity index (χ4n) is 2.10. The van der Waals surface area contributed by atoms with E-state index in [1.54, 1.807) is 24.3 Å². The molecule has 6 nitrogen and oxygen atoms in total. The number of hydrogen-bond acceptors (Lipinski definition) is 4. The van der Waals surface area contributed by atoms with Crippen LogP contribution in [0.3, 0.4) is 0 Å². The van der Waals surface area contributed by atoms with Crippen LogP contribution < -0.4 is 10.1 Å². The van der Waals surface area contributed by atoms with Gasteiger partial charge in [-0.2, -0.15) is 0 Å². The van der Waals surface area contributed by atoms with E-state index in [9.17, 15) is 14.9 Å². The van der Waals surface area contributed by atoms with Crippen molar-refractivity contribution in [1.82, 2.24) is 5.32 Å². The van der Waals surface area contributed by atoms with E-state index in [1.807, 2.05) is 0 Å². The summed E-state index contributed by atoms with van der Waals surface area (Å²) in [6.45, 7) is 0. The zero-order chi connectivity index (χ0) is 15.0. The van der Waals surface area contributed by atoms with E-state index < -0.39 is 11.2 Å². The number of non-ortho nitro benzene ring substituents is 1. The topological polar surface area (TPSA) is 81.5 Å². The van der Waals surface area contributed by atoms with Gasteiger partial charge in [0.05, 0.1) is 10.5 Å². The third-order valence-corrected chi connectivity index (χ3v) is 3.46. The lowest BCUT2D eigenvalue weighted by Crippen LogP contribution is -2.36. The molecule has 1 atom stereocenters. The van der Waals surface area contributed by atoms with E-state index in [-0.39, 0.29) is 16.6 Å². The normalized spacial score (nSPS) is 16.6. The first-order valence-corrected chi connectivity index (χ1v) is 6.44. The molecule has 0 saturated heterocycles. The molecule has 21 heavy (non-hydrogen) atoms. The molecule has 0 unspecified atom stereocenters. The summed E-state index contributed by atoms with van der Waals surface area (Å²) in [5.41, 5.74) is 0.634. The second-order valence-corrected chi connectivity index (χ2v) is 4.84. The number of nitrogens with one attached hydrogen (secondary N) is 1. The number of rotatable bonds is 2. The Hall–Kier alpha value is -2.60. The first-order valence-electron chi connectivity index (χ1n) is 6.06. The summed E-state index contributed by atoms with van der Waals surface area (Å²) in [5, 5.41) is 13.8. The summed E-state index contributed by atoms with van der Waals surface area (Å²) in [6, 6.07) is 10.8. The molecule has 3 rings (SSSR count). The molecule has 0 spiro atoms. The lowest BCUT2D eigenvalue weighted by Gasteiger charge is -2.27. The van der Waals surface area contributed by atoms with Gasteiger partial charge in [0.25, 0.3) is 11.6 Å². The smallest absolute Gasteiger partial charge is 0.270 e. The average molecular weight is 305 g/mol. The van der Waals surface area contributed by atoms with Crippen LogP contribution in [-0.2, 0) is 0 Å². The van der Waals surface area contributed by atoms with Crippen LogP contribution in [0.5, 0.6) is 5.75 Å². The second-order valence-electron chi connectivity index (χ2n) is 4.43. The van der Waals surface area contributed by atoms with Crippen molar-refractivity contribution in [3.63, 3.8) is 0 Å². The number of para-hydroxylation sites is 1. The summed E-state index contributed by atoms with van der Waals surface area (Å²) in [5.74, 6) is 0.0956. The fraction of sp³-hybridized carbons (Fsp3) is 0.0714. The van der Waals surface area contributed by atoms with Gasteiger partial charge in [0.2, 0.25) is 6.23 Å². The third-order valence-electron chi connectivity index (χ3n) is 3.11.